The van der Waals surface area contributed by atoms with Gasteiger partial charge < -0.3 is 20.1 Å². The van der Waals surface area contributed by atoms with Gasteiger partial charge in [-0.25, -0.2) is 14.8 Å². The first-order valence-corrected chi connectivity index (χ1v) is 8.72. The summed E-state index contributed by atoms with van der Waals surface area (Å²) < 4.78 is 10.6. The van der Waals surface area contributed by atoms with Crippen LogP contribution in [0.15, 0.2) is 55.1 Å². The van der Waals surface area contributed by atoms with Crippen molar-refractivity contribution < 1.29 is 14.3 Å². The highest BCUT2D eigenvalue weighted by Crippen LogP contribution is 2.32. The van der Waals surface area contributed by atoms with Gasteiger partial charge in [0.2, 0.25) is 0 Å². The van der Waals surface area contributed by atoms with Gasteiger partial charge in [0.05, 0.1) is 19.9 Å². The number of aromatic nitrogens is 2. The van der Waals surface area contributed by atoms with E-state index in [4.69, 9.17) is 9.47 Å². The van der Waals surface area contributed by atoms with Crippen molar-refractivity contribution in [3.63, 3.8) is 0 Å². The summed E-state index contributed by atoms with van der Waals surface area (Å²) in [6.07, 6.45) is 5.00. The number of carbonyl (C=O) groups excluding carboxylic acids is 1. The van der Waals surface area contributed by atoms with Crippen LogP contribution in [0.25, 0.3) is 11.1 Å². The molecule has 2 amide bonds. The molecule has 0 unspecified atom stereocenters. The lowest BCUT2D eigenvalue weighted by Crippen LogP contribution is -2.28. The van der Waals surface area contributed by atoms with Crippen molar-refractivity contribution >= 4 is 11.7 Å². The van der Waals surface area contributed by atoms with Gasteiger partial charge in [-0.2, -0.15) is 0 Å². The van der Waals surface area contributed by atoms with Crippen LogP contribution in [-0.4, -0.2) is 30.2 Å². The van der Waals surface area contributed by atoms with E-state index < -0.39 is 0 Å². The monoisotopic (exact) mass is 378 g/mol. The minimum atomic E-state index is -0.323. The fourth-order valence-electron chi connectivity index (χ4n) is 2.81. The molecule has 144 valence electrons. The minimum Gasteiger partial charge on any atom is -0.496 e. The maximum atomic E-state index is 12.3. The Kier molecular flexibility index (Phi) is 6.06. The van der Waals surface area contributed by atoms with Crippen LogP contribution in [0.3, 0.4) is 0 Å². The van der Waals surface area contributed by atoms with Gasteiger partial charge in [-0.3, -0.25) is 0 Å². The van der Waals surface area contributed by atoms with Gasteiger partial charge in [-0.1, -0.05) is 18.2 Å². The van der Waals surface area contributed by atoms with Gasteiger partial charge in [0.1, 0.15) is 17.8 Å². The van der Waals surface area contributed by atoms with Crippen molar-refractivity contribution in [2.45, 2.75) is 13.5 Å². The second kappa shape index (κ2) is 8.85. The summed E-state index contributed by atoms with van der Waals surface area (Å²) in [5, 5.41) is 5.68. The van der Waals surface area contributed by atoms with Crippen LogP contribution in [0.1, 0.15) is 11.1 Å². The van der Waals surface area contributed by atoms with Gasteiger partial charge in [-0.15, -0.1) is 0 Å². The van der Waals surface area contributed by atoms with Crippen molar-refractivity contribution in [1.29, 1.82) is 0 Å². The largest absolute Gasteiger partial charge is 0.496 e. The maximum Gasteiger partial charge on any atom is 0.319 e. The number of anilines is 1. The van der Waals surface area contributed by atoms with Crippen molar-refractivity contribution in [3.05, 3.63) is 66.2 Å². The average Bonchev–Trinajstić information content (AvgIpc) is 2.73. The Balaban J connectivity index is 1.66. The lowest BCUT2D eigenvalue weighted by atomic mass is 10.1. The molecule has 0 spiro atoms. The molecule has 3 aromatic rings. The molecule has 0 aliphatic heterocycles. The molecule has 0 atom stereocenters. The van der Waals surface area contributed by atoms with Crippen LogP contribution in [-0.2, 0) is 6.54 Å². The number of amides is 2. The zero-order valence-corrected chi connectivity index (χ0v) is 16.0. The molecule has 0 saturated carbocycles. The number of nitrogens with one attached hydrogen (secondary N) is 2. The highest BCUT2D eigenvalue weighted by molar-refractivity contribution is 5.91. The van der Waals surface area contributed by atoms with Crippen LogP contribution >= 0.6 is 0 Å². The fourth-order valence-corrected chi connectivity index (χ4v) is 2.81. The van der Waals surface area contributed by atoms with E-state index >= 15 is 0 Å². The smallest absolute Gasteiger partial charge is 0.319 e. The lowest BCUT2D eigenvalue weighted by Gasteiger charge is -2.14. The Morgan fingerprint density at radius 1 is 1.00 bits per heavy atom. The predicted molar refractivity (Wildman–Crippen MR) is 108 cm³/mol. The van der Waals surface area contributed by atoms with E-state index in [1.165, 1.54) is 6.33 Å². The summed E-state index contributed by atoms with van der Waals surface area (Å²) in [7, 11) is 3.14. The Bertz CT molecular complexity index is 961. The van der Waals surface area contributed by atoms with Crippen molar-refractivity contribution in [1.82, 2.24) is 15.3 Å². The number of carbonyl (C=O) groups is 1. The molecule has 7 heteroatoms. The summed E-state index contributed by atoms with van der Waals surface area (Å²) in [5.41, 5.74) is 4.36. The molecule has 1 heterocycles. The molecular weight excluding hydrogens is 356 g/mol. The normalized spacial score (nSPS) is 10.2. The van der Waals surface area contributed by atoms with E-state index in [0.29, 0.717) is 23.7 Å². The topological polar surface area (TPSA) is 85.4 Å². The second-order valence-corrected chi connectivity index (χ2v) is 6.16. The number of urea groups is 1. The van der Waals surface area contributed by atoms with Gasteiger partial charge in [0.15, 0.2) is 0 Å². The highest BCUT2D eigenvalue weighted by atomic mass is 16.5. The van der Waals surface area contributed by atoms with E-state index in [0.717, 1.165) is 22.3 Å². The second-order valence-electron chi connectivity index (χ2n) is 6.16. The molecule has 2 aromatic carbocycles. The molecule has 0 aliphatic carbocycles. The third-order valence-corrected chi connectivity index (χ3v) is 4.24. The fraction of sp³-hybridized carbons (Fsp3) is 0.190. The average molecular weight is 378 g/mol. The zero-order chi connectivity index (χ0) is 19.9. The summed E-state index contributed by atoms with van der Waals surface area (Å²) in [4.78, 5) is 20.4. The molecule has 3 rings (SSSR count). The number of hydrogen-bond acceptors (Lipinski definition) is 5. The van der Waals surface area contributed by atoms with E-state index in [1.807, 2.05) is 37.3 Å². The number of nitrogens with zero attached hydrogens (tertiary/aromatic N) is 2. The first kappa shape index (κ1) is 19.2. The van der Waals surface area contributed by atoms with Crippen molar-refractivity contribution in [2.24, 2.45) is 0 Å². The van der Waals surface area contributed by atoms with Crippen LogP contribution in [0.2, 0.25) is 0 Å². The van der Waals surface area contributed by atoms with Crippen LogP contribution in [0, 0.1) is 6.92 Å². The number of ether oxygens (including phenoxy) is 2. The first-order valence-electron chi connectivity index (χ1n) is 8.72. The highest BCUT2D eigenvalue weighted by Gasteiger charge is 2.11. The first-order chi connectivity index (χ1) is 13.6. The molecule has 0 radical (unpaired) electrons. The van der Waals surface area contributed by atoms with Crippen molar-refractivity contribution in [3.8, 4) is 22.6 Å². The van der Waals surface area contributed by atoms with E-state index in [-0.39, 0.29) is 6.03 Å². The molecule has 0 bridgehead atoms. The molecule has 7 nitrogen and oxygen atoms in total. The number of aryl methyl sites for hydroxylation is 1. The van der Waals surface area contributed by atoms with E-state index in [9.17, 15) is 4.79 Å². The summed E-state index contributed by atoms with van der Waals surface area (Å²) >= 11 is 0. The third-order valence-electron chi connectivity index (χ3n) is 4.24. The summed E-state index contributed by atoms with van der Waals surface area (Å²) in [6.45, 7) is 2.28. The molecule has 0 saturated heterocycles. The molecular formula is C21H22N4O3. The summed E-state index contributed by atoms with van der Waals surface area (Å²) in [5.74, 6) is 1.23. The van der Waals surface area contributed by atoms with Gasteiger partial charge >= 0.3 is 6.03 Å². The van der Waals surface area contributed by atoms with Gasteiger partial charge in [0.25, 0.3) is 0 Å². The number of methoxy groups -OCH3 is 2. The minimum absolute atomic E-state index is 0.323. The Hall–Kier alpha value is -3.61. The Labute approximate surface area is 163 Å². The number of rotatable bonds is 6. The molecule has 0 aliphatic rings. The quantitative estimate of drug-likeness (QED) is 0.682. The van der Waals surface area contributed by atoms with Crippen LogP contribution < -0.4 is 20.1 Å². The predicted octanol–water partition coefficient (Wildman–Crippen LogP) is 3.79. The molecule has 28 heavy (non-hydrogen) atoms. The zero-order valence-electron chi connectivity index (χ0n) is 16.0. The molecule has 2 N–H and O–H groups in total. The molecule has 1 aromatic heterocycles. The summed E-state index contributed by atoms with van der Waals surface area (Å²) in [6, 6.07) is 11.1. The number of benzene rings is 2. The third kappa shape index (κ3) is 4.56. The van der Waals surface area contributed by atoms with Crippen LogP contribution in [0.5, 0.6) is 11.5 Å². The van der Waals surface area contributed by atoms with E-state index in [1.54, 1.807) is 32.7 Å². The van der Waals surface area contributed by atoms with Crippen molar-refractivity contribution in [2.75, 3.05) is 19.5 Å². The maximum absolute atomic E-state index is 12.3. The molecule has 0 fully saturated rings. The lowest BCUT2D eigenvalue weighted by molar-refractivity contribution is 0.251. The number of hydrogen-bond donors (Lipinski definition) is 2. The Morgan fingerprint density at radius 2 is 1.75 bits per heavy atom. The van der Waals surface area contributed by atoms with Gasteiger partial charge in [0, 0.05) is 30.6 Å². The van der Waals surface area contributed by atoms with Gasteiger partial charge in [-0.05, 0) is 35.7 Å². The Morgan fingerprint density at radius 3 is 2.46 bits per heavy atom. The van der Waals surface area contributed by atoms with Crippen LogP contribution in [0.4, 0.5) is 10.5 Å². The SMILES string of the molecule is COc1cc(OC)c(NC(=O)NCc2cccc(-c3cncnc3)c2)cc1C. The van der Waals surface area contributed by atoms with E-state index in [2.05, 4.69) is 20.6 Å². The standard InChI is InChI=1S/C21H22N4O3/c1-14-7-18(20(28-3)9-19(14)27-2)25-21(26)24-10-15-5-4-6-16(8-15)17-11-22-13-23-12-17/h4-9,11-13H,10H2,1-3H3,(H2,24,25,26).